The number of phenolic OH excluding ortho intramolecular Hbond substituents is 2. The van der Waals surface area contributed by atoms with Gasteiger partial charge in [-0.25, -0.2) is 0 Å². The Bertz CT molecular complexity index is 1070. The third-order valence-electron chi connectivity index (χ3n) is 5.73. The Balaban J connectivity index is 1.67. The van der Waals surface area contributed by atoms with Crippen molar-refractivity contribution in [3.8, 4) is 17.2 Å². The maximum absolute atomic E-state index is 12.6. The normalized spacial score (nSPS) is 24.4. The molecule has 0 radical (unpaired) electrons. The molecule has 35 heavy (non-hydrogen) atoms. The Labute approximate surface area is 202 Å². The molecular formula is C26H30O9. The van der Waals surface area contributed by atoms with Gasteiger partial charge >= 0.3 is 0 Å². The van der Waals surface area contributed by atoms with E-state index in [4.69, 9.17) is 9.47 Å². The van der Waals surface area contributed by atoms with E-state index in [9.17, 15) is 35.4 Å². The highest BCUT2D eigenvalue weighted by Gasteiger charge is 2.44. The summed E-state index contributed by atoms with van der Waals surface area (Å²) in [7, 11) is 0. The molecule has 1 heterocycles. The predicted molar refractivity (Wildman–Crippen MR) is 127 cm³/mol. The molecule has 188 valence electrons. The van der Waals surface area contributed by atoms with Crippen LogP contribution in [0, 0.1) is 0 Å². The minimum Gasteiger partial charge on any atom is -0.508 e. The van der Waals surface area contributed by atoms with Gasteiger partial charge in [0.1, 0.15) is 41.7 Å². The van der Waals surface area contributed by atoms with Crippen molar-refractivity contribution in [1.29, 1.82) is 0 Å². The van der Waals surface area contributed by atoms with E-state index in [2.05, 4.69) is 6.58 Å². The van der Waals surface area contributed by atoms with Crippen molar-refractivity contribution in [2.24, 2.45) is 0 Å². The summed E-state index contributed by atoms with van der Waals surface area (Å²) in [6, 6.07) is 9.12. The number of benzene rings is 2. The predicted octanol–water partition coefficient (Wildman–Crippen LogP) is 1.68. The first kappa shape index (κ1) is 26.4. The highest BCUT2D eigenvalue weighted by molar-refractivity contribution is 6.09. The van der Waals surface area contributed by atoms with Crippen molar-refractivity contribution in [2.45, 2.75) is 50.5 Å². The first-order valence-electron chi connectivity index (χ1n) is 11.1. The number of rotatable bonds is 9. The molecule has 0 aromatic heterocycles. The number of hydrogen-bond donors (Lipinski definition) is 6. The summed E-state index contributed by atoms with van der Waals surface area (Å²) in [6.45, 7) is 5.08. The maximum Gasteiger partial charge on any atom is 0.229 e. The second-order valence-corrected chi connectivity index (χ2v) is 8.50. The van der Waals surface area contributed by atoms with Gasteiger partial charge < -0.3 is 40.1 Å². The fraction of sp³-hybridized carbons (Fsp3) is 0.346. The van der Waals surface area contributed by atoms with E-state index in [1.165, 1.54) is 18.2 Å². The fourth-order valence-corrected chi connectivity index (χ4v) is 3.63. The highest BCUT2D eigenvalue weighted by Crippen LogP contribution is 2.33. The molecule has 2 aromatic carbocycles. The lowest BCUT2D eigenvalue weighted by atomic mass is 9.99. The van der Waals surface area contributed by atoms with Crippen LogP contribution in [0.2, 0.25) is 0 Å². The van der Waals surface area contributed by atoms with Crippen LogP contribution in [0.15, 0.2) is 54.6 Å². The van der Waals surface area contributed by atoms with E-state index in [0.29, 0.717) is 24.0 Å². The summed E-state index contributed by atoms with van der Waals surface area (Å²) >= 11 is 0. The molecule has 9 nitrogen and oxygen atoms in total. The molecule has 3 rings (SSSR count). The second kappa shape index (κ2) is 11.5. The smallest absolute Gasteiger partial charge is 0.229 e. The van der Waals surface area contributed by atoms with Gasteiger partial charge in [-0.3, -0.25) is 4.79 Å². The maximum atomic E-state index is 12.6. The number of ketones is 1. The van der Waals surface area contributed by atoms with Gasteiger partial charge in [0.25, 0.3) is 0 Å². The van der Waals surface area contributed by atoms with Crippen LogP contribution in [0.1, 0.15) is 34.8 Å². The Morgan fingerprint density at radius 2 is 1.74 bits per heavy atom. The third kappa shape index (κ3) is 6.27. The number of aliphatic hydroxyl groups excluding tert-OH is 4. The van der Waals surface area contributed by atoms with Crippen LogP contribution in [0.3, 0.4) is 0 Å². The molecule has 1 aliphatic heterocycles. The molecule has 1 aliphatic rings. The lowest BCUT2D eigenvalue weighted by Gasteiger charge is -2.39. The van der Waals surface area contributed by atoms with Gasteiger partial charge in [-0.15, -0.1) is 6.58 Å². The summed E-state index contributed by atoms with van der Waals surface area (Å²) in [6.07, 6.45) is -3.17. The average Bonchev–Trinajstić information content (AvgIpc) is 2.83. The third-order valence-corrected chi connectivity index (χ3v) is 5.73. The number of aliphatic hydroxyl groups is 4. The minimum absolute atomic E-state index is 0.0679. The molecule has 0 amide bonds. The summed E-state index contributed by atoms with van der Waals surface area (Å²) in [5, 5.41) is 59.6. The van der Waals surface area contributed by atoms with Crippen LogP contribution in [0.5, 0.6) is 17.2 Å². The molecule has 1 fully saturated rings. The van der Waals surface area contributed by atoms with E-state index in [0.717, 1.165) is 5.57 Å². The lowest BCUT2D eigenvalue weighted by molar-refractivity contribution is -0.277. The number of aromatic hydroxyl groups is 2. The Kier molecular flexibility index (Phi) is 8.66. The topological polar surface area (TPSA) is 157 Å². The van der Waals surface area contributed by atoms with Crippen LogP contribution < -0.4 is 4.74 Å². The lowest BCUT2D eigenvalue weighted by Crippen LogP contribution is -2.60. The zero-order valence-electron chi connectivity index (χ0n) is 19.2. The van der Waals surface area contributed by atoms with Gasteiger partial charge in [0, 0.05) is 5.56 Å². The van der Waals surface area contributed by atoms with Crippen molar-refractivity contribution in [1.82, 2.24) is 0 Å². The Morgan fingerprint density at radius 1 is 1.06 bits per heavy atom. The number of phenols is 2. The van der Waals surface area contributed by atoms with Gasteiger partial charge in [0.15, 0.2) is 5.78 Å². The molecule has 1 unspecified atom stereocenters. The summed E-state index contributed by atoms with van der Waals surface area (Å²) < 4.78 is 10.9. The number of ether oxygens (including phenoxy) is 2. The zero-order valence-corrected chi connectivity index (χ0v) is 19.2. The van der Waals surface area contributed by atoms with Gasteiger partial charge in [0.2, 0.25) is 6.29 Å². The van der Waals surface area contributed by atoms with E-state index in [1.54, 1.807) is 30.3 Å². The molecule has 9 heteroatoms. The van der Waals surface area contributed by atoms with E-state index in [-0.39, 0.29) is 22.8 Å². The number of hydrogen-bond acceptors (Lipinski definition) is 9. The van der Waals surface area contributed by atoms with Gasteiger partial charge in [-0.1, -0.05) is 23.8 Å². The van der Waals surface area contributed by atoms with Gasteiger partial charge in [-0.2, -0.15) is 0 Å². The Hall–Kier alpha value is -3.21. The quantitative estimate of drug-likeness (QED) is 0.176. The summed E-state index contributed by atoms with van der Waals surface area (Å²) in [4.78, 5) is 12.6. The summed E-state index contributed by atoms with van der Waals surface area (Å²) in [5.41, 5.74) is 1.89. The molecule has 6 N–H and O–H groups in total. The van der Waals surface area contributed by atoms with Gasteiger partial charge in [-0.05, 0) is 55.7 Å². The van der Waals surface area contributed by atoms with Crippen LogP contribution in [-0.4, -0.2) is 73.7 Å². The Morgan fingerprint density at radius 3 is 2.37 bits per heavy atom. The van der Waals surface area contributed by atoms with Crippen LogP contribution >= 0.6 is 0 Å². The van der Waals surface area contributed by atoms with Crippen molar-refractivity contribution in [3.63, 3.8) is 0 Å². The monoisotopic (exact) mass is 486 g/mol. The zero-order chi connectivity index (χ0) is 25.7. The highest BCUT2D eigenvalue weighted by atomic mass is 16.7. The van der Waals surface area contributed by atoms with Crippen LogP contribution in [0.25, 0.3) is 6.08 Å². The molecular weight excluding hydrogens is 456 g/mol. The molecule has 0 saturated carbocycles. The van der Waals surface area contributed by atoms with Crippen molar-refractivity contribution in [2.75, 3.05) is 6.61 Å². The molecule has 0 aliphatic carbocycles. The molecule has 0 bridgehead atoms. The van der Waals surface area contributed by atoms with E-state index < -0.39 is 43.1 Å². The van der Waals surface area contributed by atoms with E-state index >= 15 is 0 Å². The molecule has 0 spiro atoms. The van der Waals surface area contributed by atoms with Crippen LogP contribution in [-0.2, 0) is 11.2 Å². The molecule has 2 aromatic rings. The second-order valence-electron chi connectivity index (χ2n) is 8.50. The number of allylic oxidation sites excluding steroid dienone is 2. The molecule has 5 atom stereocenters. The average molecular weight is 487 g/mol. The SMILES string of the molecule is C=C(C)CCc1c(O)ccc(C(=O)/C=C/c2ccc(OC3O[C@H](CO)[C@@H](O)[C@H](O)[C@H]3O)cc2)c1O. The fourth-order valence-electron chi connectivity index (χ4n) is 3.63. The number of carbonyl (C=O) groups is 1. The van der Waals surface area contributed by atoms with Crippen LogP contribution in [0.4, 0.5) is 0 Å². The molecule has 1 saturated heterocycles. The minimum atomic E-state index is -1.54. The van der Waals surface area contributed by atoms with Gasteiger partial charge in [0.05, 0.1) is 12.2 Å². The first-order valence-corrected chi connectivity index (χ1v) is 11.1. The van der Waals surface area contributed by atoms with E-state index in [1.807, 2.05) is 6.92 Å². The number of carbonyl (C=O) groups excluding carboxylic acids is 1. The summed E-state index contributed by atoms with van der Waals surface area (Å²) in [5.74, 6) is -0.500. The first-order chi connectivity index (χ1) is 16.6. The standard InChI is InChI=1S/C26H30O9/c1-14(2)3-9-17-20(29)12-10-18(22(17)30)19(28)11-6-15-4-7-16(8-5-15)34-26-25(33)24(32)23(31)21(13-27)35-26/h4-8,10-12,21,23-27,29-33H,1,3,9,13H2,2H3/b11-6+/t21-,23-,24+,25-,26?/m1/s1. The van der Waals surface area contributed by atoms with Crippen molar-refractivity contribution in [3.05, 3.63) is 71.3 Å². The van der Waals surface area contributed by atoms with Crippen molar-refractivity contribution < 1.29 is 44.9 Å². The van der Waals surface area contributed by atoms with Crippen molar-refractivity contribution >= 4 is 11.9 Å². The largest absolute Gasteiger partial charge is 0.508 e.